The first-order chi connectivity index (χ1) is 14.1. The Balaban J connectivity index is 1.48. The van der Waals surface area contributed by atoms with Crippen molar-refractivity contribution >= 4 is 40.0 Å². The molecule has 0 aliphatic carbocycles. The first-order valence-corrected chi connectivity index (χ1v) is 9.93. The fourth-order valence-electron chi connectivity index (χ4n) is 3.08. The molecule has 2 aromatic carbocycles. The highest BCUT2D eigenvalue weighted by molar-refractivity contribution is 6.35. The monoisotopic (exact) mass is 424 g/mol. The Morgan fingerprint density at radius 3 is 2.76 bits per heavy atom. The number of pyridine rings is 1. The molecule has 2 aromatic heterocycles. The van der Waals surface area contributed by atoms with E-state index >= 15 is 0 Å². The second kappa shape index (κ2) is 8.64. The van der Waals surface area contributed by atoms with Gasteiger partial charge >= 0.3 is 0 Å². The Labute approximate surface area is 178 Å². The molecule has 0 saturated carbocycles. The van der Waals surface area contributed by atoms with Gasteiger partial charge in [0, 0.05) is 53.6 Å². The van der Waals surface area contributed by atoms with Crippen molar-refractivity contribution in [3.05, 3.63) is 93.9 Å². The number of nitrogens with zero attached hydrogens (tertiary/aromatic N) is 3. The van der Waals surface area contributed by atoms with Gasteiger partial charge in [0.05, 0.1) is 10.5 Å². The average molecular weight is 425 g/mol. The van der Waals surface area contributed by atoms with Crippen LogP contribution in [0.1, 0.15) is 21.6 Å². The van der Waals surface area contributed by atoms with Crippen LogP contribution in [-0.2, 0) is 19.5 Å². The molecule has 0 radical (unpaired) electrons. The van der Waals surface area contributed by atoms with Gasteiger partial charge < -0.3 is 5.32 Å². The number of carbonyl (C=O) groups excluding carboxylic acids is 1. The summed E-state index contributed by atoms with van der Waals surface area (Å²) in [6, 6.07) is 16.6. The number of halogens is 2. The zero-order valence-electron chi connectivity index (χ0n) is 15.5. The Hall–Kier alpha value is -2.89. The third-order valence-electron chi connectivity index (χ3n) is 4.55. The number of aryl methyl sites for hydroxylation is 2. The van der Waals surface area contributed by atoms with Gasteiger partial charge in [-0.05, 0) is 42.0 Å². The van der Waals surface area contributed by atoms with Crippen LogP contribution < -0.4 is 5.32 Å². The van der Waals surface area contributed by atoms with Crippen LogP contribution in [-0.4, -0.2) is 20.7 Å². The van der Waals surface area contributed by atoms with E-state index in [0.717, 1.165) is 23.1 Å². The van der Waals surface area contributed by atoms with Crippen molar-refractivity contribution in [2.45, 2.75) is 19.5 Å². The lowest BCUT2D eigenvalue weighted by Gasteiger charge is -2.06. The number of carbonyl (C=O) groups is 1. The zero-order valence-corrected chi connectivity index (χ0v) is 17.0. The molecule has 0 fully saturated rings. The topological polar surface area (TPSA) is 59.8 Å². The third kappa shape index (κ3) is 4.75. The minimum atomic E-state index is -0.211. The Morgan fingerprint density at radius 1 is 1.07 bits per heavy atom. The van der Waals surface area contributed by atoms with Crippen molar-refractivity contribution in [1.82, 2.24) is 20.1 Å². The number of hydrogen-bond acceptors (Lipinski definition) is 3. The molecule has 0 saturated heterocycles. The van der Waals surface area contributed by atoms with Crippen LogP contribution in [0.4, 0.5) is 0 Å². The van der Waals surface area contributed by atoms with Crippen molar-refractivity contribution in [1.29, 1.82) is 0 Å². The van der Waals surface area contributed by atoms with Gasteiger partial charge in [-0.15, -0.1) is 0 Å². The molecule has 0 unspecified atom stereocenters. The number of rotatable bonds is 6. The third-order valence-corrected chi connectivity index (χ3v) is 5.10. The summed E-state index contributed by atoms with van der Waals surface area (Å²) in [5, 5.41) is 9.41. The minimum Gasteiger partial charge on any atom is -0.348 e. The summed E-state index contributed by atoms with van der Waals surface area (Å²) >= 11 is 12.4. The molecule has 0 aliphatic heterocycles. The van der Waals surface area contributed by atoms with E-state index in [9.17, 15) is 4.79 Å². The second-order valence-corrected chi connectivity index (χ2v) is 7.51. The summed E-state index contributed by atoms with van der Waals surface area (Å²) < 4.78 is 1.83. The molecule has 1 N–H and O–H groups in total. The normalized spacial score (nSPS) is 11.0. The largest absolute Gasteiger partial charge is 0.348 e. The van der Waals surface area contributed by atoms with E-state index < -0.39 is 0 Å². The lowest BCUT2D eigenvalue weighted by molar-refractivity contribution is 0.0951. The number of benzene rings is 2. The first-order valence-electron chi connectivity index (χ1n) is 9.18. The standard InChI is InChI=1S/C22H18Cl2N4O/c23-17-5-3-4-15(10-17)13-26-22(29)16-11-20(24)19-14-28(27-21(19)12-16)9-7-18-6-1-2-8-25-18/h1-6,8,10-12,14H,7,9,13H2,(H,26,29). The number of hydrogen-bond donors (Lipinski definition) is 1. The van der Waals surface area contributed by atoms with Crippen LogP contribution in [0.25, 0.3) is 10.9 Å². The lowest BCUT2D eigenvalue weighted by Crippen LogP contribution is -2.22. The summed E-state index contributed by atoms with van der Waals surface area (Å²) in [6.45, 7) is 1.06. The summed E-state index contributed by atoms with van der Waals surface area (Å²) in [5.41, 5.74) is 3.09. The first kappa shape index (κ1) is 19.4. The smallest absolute Gasteiger partial charge is 0.251 e. The van der Waals surface area contributed by atoms with Crippen molar-refractivity contribution < 1.29 is 4.79 Å². The van der Waals surface area contributed by atoms with E-state index in [1.807, 2.05) is 47.3 Å². The Bertz CT molecular complexity index is 1160. The van der Waals surface area contributed by atoms with Crippen LogP contribution in [0.3, 0.4) is 0 Å². The molecule has 2 heterocycles. The second-order valence-electron chi connectivity index (χ2n) is 6.67. The maximum Gasteiger partial charge on any atom is 0.251 e. The van der Waals surface area contributed by atoms with Gasteiger partial charge in [0.1, 0.15) is 0 Å². The molecule has 4 rings (SSSR count). The number of aromatic nitrogens is 3. The van der Waals surface area contributed by atoms with Crippen molar-refractivity contribution in [3.8, 4) is 0 Å². The van der Waals surface area contributed by atoms with Crippen LogP contribution in [0.15, 0.2) is 67.0 Å². The predicted octanol–water partition coefficient (Wildman–Crippen LogP) is 4.91. The van der Waals surface area contributed by atoms with Crippen molar-refractivity contribution in [2.75, 3.05) is 0 Å². The Morgan fingerprint density at radius 2 is 1.97 bits per heavy atom. The van der Waals surface area contributed by atoms with E-state index in [1.165, 1.54) is 0 Å². The van der Waals surface area contributed by atoms with Crippen LogP contribution >= 0.6 is 23.2 Å². The van der Waals surface area contributed by atoms with Crippen LogP contribution in [0.2, 0.25) is 10.0 Å². The van der Waals surface area contributed by atoms with Gasteiger partial charge in [-0.1, -0.05) is 41.4 Å². The highest BCUT2D eigenvalue weighted by atomic mass is 35.5. The van der Waals surface area contributed by atoms with Crippen molar-refractivity contribution in [2.24, 2.45) is 0 Å². The minimum absolute atomic E-state index is 0.211. The van der Waals surface area contributed by atoms with E-state index in [0.29, 0.717) is 34.2 Å². The molecule has 0 bridgehead atoms. The van der Waals surface area contributed by atoms with Crippen LogP contribution in [0, 0.1) is 0 Å². The maximum absolute atomic E-state index is 12.6. The molecular weight excluding hydrogens is 407 g/mol. The van der Waals surface area contributed by atoms with Gasteiger partial charge in [0.15, 0.2) is 0 Å². The SMILES string of the molecule is O=C(NCc1cccc(Cl)c1)c1cc(Cl)c2cn(CCc3ccccn3)nc2c1. The van der Waals surface area contributed by atoms with Gasteiger partial charge in [-0.3, -0.25) is 14.5 Å². The van der Waals surface area contributed by atoms with Gasteiger partial charge in [-0.2, -0.15) is 5.10 Å². The van der Waals surface area contributed by atoms with Gasteiger partial charge in [-0.25, -0.2) is 0 Å². The summed E-state index contributed by atoms with van der Waals surface area (Å²) in [6.07, 6.45) is 4.44. The van der Waals surface area contributed by atoms with E-state index in [-0.39, 0.29) is 5.91 Å². The fraction of sp³-hybridized carbons (Fsp3) is 0.136. The average Bonchev–Trinajstić information content (AvgIpc) is 3.15. The lowest BCUT2D eigenvalue weighted by atomic mass is 10.1. The summed E-state index contributed by atoms with van der Waals surface area (Å²) in [5.74, 6) is -0.211. The Kier molecular flexibility index (Phi) is 5.79. The highest BCUT2D eigenvalue weighted by Gasteiger charge is 2.12. The molecule has 0 atom stereocenters. The molecule has 1 amide bonds. The van der Waals surface area contributed by atoms with Gasteiger partial charge in [0.25, 0.3) is 5.91 Å². The van der Waals surface area contributed by atoms with E-state index in [2.05, 4.69) is 15.4 Å². The number of fused-ring (bicyclic) bond motifs is 1. The zero-order chi connectivity index (χ0) is 20.2. The molecular formula is C22H18Cl2N4O. The molecule has 5 nitrogen and oxygen atoms in total. The fourth-order valence-corrected chi connectivity index (χ4v) is 3.56. The summed E-state index contributed by atoms with van der Waals surface area (Å²) in [7, 11) is 0. The quantitative estimate of drug-likeness (QED) is 0.478. The van der Waals surface area contributed by atoms with E-state index in [1.54, 1.807) is 24.4 Å². The molecule has 0 spiro atoms. The predicted molar refractivity (Wildman–Crippen MR) is 115 cm³/mol. The maximum atomic E-state index is 12.6. The van der Waals surface area contributed by atoms with Crippen molar-refractivity contribution in [3.63, 3.8) is 0 Å². The van der Waals surface area contributed by atoms with Crippen LogP contribution in [0.5, 0.6) is 0 Å². The van der Waals surface area contributed by atoms with E-state index in [4.69, 9.17) is 23.2 Å². The summed E-state index contributed by atoms with van der Waals surface area (Å²) in [4.78, 5) is 16.9. The van der Waals surface area contributed by atoms with Gasteiger partial charge in [0.2, 0.25) is 0 Å². The number of nitrogens with one attached hydrogen (secondary N) is 1. The molecule has 29 heavy (non-hydrogen) atoms. The molecule has 146 valence electrons. The molecule has 4 aromatic rings. The molecule has 7 heteroatoms. The highest BCUT2D eigenvalue weighted by Crippen LogP contribution is 2.25. The number of amides is 1. The molecule has 0 aliphatic rings.